The average molecular weight is 624 g/mol. The molecule has 3 N–H and O–H groups in total. The Labute approximate surface area is 265 Å². The molecule has 0 heterocycles. The van der Waals surface area contributed by atoms with Gasteiger partial charge in [-0.15, -0.1) is 0 Å². The number of hydrogen-bond acceptors (Lipinski definition) is 4. The predicted octanol–water partition coefficient (Wildman–Crippen LogP) is 9.57. The van der Waals surface area contributed by atoms with Crippen LogP contribution in [-0.4, -0.2) is 41.9 Å². The molecule has 0 aromatic rings. The molecule has 250 valence electrons. The third-order valence-electron chi connectivity index (χ3n) is 7.50. The van der Waals surface area contributed by atoms with Gasteiger partial charge >= 0.3 is 0 Å². The highest BCUT2D eigenvalue weighted by Gasteiger charge is 2.24. The molecule has 0 saturated heterocycles. The van der Waals surface area contributed by atoms with Gasteiger partial charge in [-0.1, -0.05) is 140 Å². The van der Waals surface area contributed by atoms with Crippen molar-refractivity contribution in [1.82, 2.24) is 5.32 Å². The minimum Gasteiger partial charge on any atom is -0.387 e. The second-order valence-electron chi connectivity index (χ2n) is 11.8. The van der Waals surface area contributed by atoms with E-state index in [1.165, 1.54) is 70.3 Å². The molecule has 0 aliphatic carbocycles. The lowest BCUT2D eigenvalue weighted by Crippen LogP contribution is -2.46. The van der Waals surface area contributed by atoms with Crippen LogP contribution in [0.25, 0.3) is 0 Å². The quantitative estimate of drug-likeness (QED) is 0.0420. The fourth-order valence-corrected chi connectivity index (χ4v) is 5.60. The number of carbonyl (C=O) groups is 1. The molecule has 0 aliphatic rings. The Morgan fingerprint density at radius 2 is 1.05 bits per heavy atom. The topological polar surface area (TPSA) is 104 Å². The van der Waals surface area contributed by atoms with Gasteiger partial charge in [0.1, 0.15) is 0 Å². The molecule has 1 amide bonds. The van der Waals surface area contributed by atoms with Crippen molar-refractivity contribution in [3.05, 3.63) is 48.6 Å². The van der Waals surface area contributed by atoms with Gasteiger partial charge < -0.3 is 10.4 Å². The van der Waals surface area contributed by atoms with Crippen LogP contribution in [-0.2, 0) is 14.9 Å². The van der Waals surface area contributed by atoms with E-state index < -0.39 is 28.0 Å². The summed E-state index contributed by atoms with van der Waals surface area (Å²) in [6.45, 7) is 4.36. The Kier molecular flexibility index (Phi) is 29.1. The summed E-state index contributed by atoms with van der Waals surface area (Å²) in [5.74, 6) is -1.00. The number of nitrogens with one attached hydrogen (secondary N) is 1. The number of carbonyl (C=O) groups excluding carboxylic acids is 1. The van der Waals surface area contributed by atoms with Gasteiger partial charge in [0, 0.05) is 6.42 Å². The number of hydrogen-bond donors (Lipinski definition) is 3. The first-order chi connectivity index (χ1) is 20.8. The van der Waals surface area contributed by atoms with Crippen LogP contribution in [0.4, 0.5) is 0 Å². The van der Waals surface area contributed by atoms with Gasteiger partial charge in [-0.2, -0.15) is 8.42 Å². The lowest BCUT2D eigenvalue weighted by atomic mass is 10.1. The maximum Gasteiger partial charge on any atom is 0.267 e. The normalized spacial score (nSPS) is 14.0. The summed E-state index contributed by atoms with van der Waals surface area (Å²) in [7, 11) is -4.33. The van der Waals surface area contributed by atoms with Crippen LogP contribution in [0.3, 0.4) is 0 Å². The average Bonchev–Trinajstić information content (AvgIpc) is 2.96. The van der Waals surface area contributed by atoms with Gasteiger partial charge in [0.05, 0.1) is 17.9 Å². The summed E-state index contributed by atoms with van der Waals surface area (Å²) in [5, 5.41) is 12.9. The van der Waals surface area contributed by atoms with Gasteiger partial charge in [0.15, 0.2) is 0 Å². The molecule has 2 unspecified atom stereocenters. The molecule has 0 fully saturated rings. The maximum atomic E-state index is 12.3. The van der Waals surface area contributed by atoms with E-state index in [4.69, 9.17) is 0 Å². The summed E-state index contributed by atoms with van der Waals surface area (Å²) in [6, 6.07) is -1.06. The van der Waals surface area contributed by atoms with Crippen molar-refractivity contribution in [1.29, 1.82) is 0 Å². The van der Waals surface area contributed by atoms with Crippen molar-refractivity contribution in [2.24, 2.45) is 0 Å². The molecular formula is C36H65NO5S. The van der Waals surface area contributed by atoms with Crippen LogP contribution in [0.5, 0.6) is 0 Å². The zero-order valence-electron chi connectivity index (χ0n) is 27.6. The van der Waals surface area contributed by atoms with Gasteiger partial charge in [-0.05, 0) is 57.8 Å². The summed E-state index contributed by atoms with van der Waals surface area (Å²) < 4.78 is 32.0. The van der Waals surface area contributed by atoms with Crippen molar-refractivity contribution >= 4 is 16.0 Å². The lowest BCUT2D eigenvalue weighted by molar-refractivity contribution is -0.122. The highest BCUT2D eigenvalue weighted by molar-refractivity contribution is 7.85. The van der Waals surface area contributed by atoms with Crippen molar-refractivity contribution in [2.75, 3.05) is 5.75 Å². The minimum absolute atomic E-state index is 0.284. The second kappa shape index (κ2) is 30.3. The van der Waals surface area contributed by atoms with Crippen LogP contribution in [0.2, 0.25) is 0 Å². The molecule has 43 heavy (non-hydrogen) atoms. The first-order valence-electron chi connectivity index (χ1n) is 17.3. The molecule has 6 nitrogen and oxygen atoms in total. The van der Waals surface area contributed by atoms with Crippen molar-refractivity contribution in [2.45, 2.75) is 167 Å². The van der Waals surface area contributed by atoms with Crippen molar-refractivity contribution in [3.8, 4) is 0 Å². The van der Waals surface area contributed by atoms with E-state index in [9.17, 15) is 22.9 Å². The van der Waals surface area contributed by atoms with E-state index in [-0.39, 0.29) is 12.3 Å². The Morgan fingerprint density at radius 3 is 1.58 bits per heavy atom. The fourth-order valence-electron chi connectivity index (χ4n) is 4.87. The van der Waals surface area contributed by atoms with Gasteiger partial charge in [-0.3, -0.25) is 9.35 Å². The SMILES string of the molecule is CCCCC/C=C/C(O)C(CS(=O)(=O)O)NC(=O)CCCCCCCCCC/C=C\C/C=C\C/C=C\CCCCCCC. The fraction of sp³-hybridized carbons (Fsp3) is 0.750. The highest BCUT2D eigenvalue weighted by atomic mass is 32.2. The molecule has 0 spiro atoms. The van der Waals surface area contributed by atoms with E-state index >= 15 is 0 Å². The molecule has 7 heteroatoms. The number of allylic oxidation sites excluding steroid dienone is 7. The number of aliphatic hydroxyl groups excluding tert-OH is 1. The minimum atomic E-state index is -4.33. The van der Waals surface area contributed by atoms with E-state index in [0.717, 1.165) is 70.6 Å². The number of aliphatic hydroxyl groups is 1. The van der Waals surface area contributed by atoms with Crippen molar-refractivity contribution in [3.63, 3.8) is 0 Å². The van der Waals surface area contributed by atoms with Crippen LogP contribution in [0, 0.1) is 0 Å². The molecule has 2 atom stereocenters. The summed E-state index contributed by atoms with van der Waals surface area (Å²) in [6.07, 6.45) is 40.0. The van der Waals surface area contributed by atoms with E-state index in [1.54, 1.807) is 6.08 Å². The summed E-state index contributed by atoms with van der Waals surface area (Å²) in [5.41, 5.74) is 0. The molecule has 0 rings (SSSR count). The predicted molar refractivity (Wildman–Crippen MR) is 184 cm³/mol. The van der Waals surface area contributed by atoms with E-state index in [0.29, 0.717) is 0 Å². The monoisotopic (exact) mass is 623 g/mol. The van der Waals surface area contributed by atoms with Crippen LogP contribution < -0.4 is 5.32 Å². The van der Waals surface area contributed by atoms with Gasteiger partial charge in [0.25, 0.3) is 10.1 Å². The first-order valence-corrected chi connectivity index (χ1v) is 18.9. The zero-order valence-corrected chi connectivity index (χ0v) is 28.4. The zero-order chi connectivity index (χ0) is 31.9. The lowest BCUT2D eigenvalue weighted by Gasteiger charge is -2.21. The second-order valence-corrected chi connectivity index (χ2v) is 13.3. The Bertz CT molecular complexity index is 863. The largest absolute Gasteiger partial charge is 0.387 e. The molecule has 0 radical (unpaired) electrons. The van der Waals surface area contributed by atoms with Gasteiger partial charge in [-0.25, -0.2) is 0 Å². The van der Waals surface area contributed by atoms with E-state index in [2.05, 4.69) is 55.6 Å². The number of unbranched alkanes of at least 4 members (excludes halogenated alkanes) is 16. The highest BCUT2D eigenvalue weighted by Crippen LogP contribution is 2.12. The van der Waals surface area contributed by atoms with Crippen LogP contribution in [0.15, 0.2) is 48.6 Å². The Balaban J connectivity index is 3.81. The van der Waals surface area contributed by atoms with Gasteiger partial charge in [0.2, 0.25) is 5.91 Å². The Hall–Kier alpha value is -1.70. The Morgan fingerprint density at radius 1 is 0.628 bits per heavy atom. The molecule has 0 aromatic carbocycles. The smallest absolute Gasteiger partial charge is 0.267 e. The van der Waals surface area contributed by atoms with Crippen LogP contribution in [0.1, 0.15) is 155 Å². The third kappa shape index (κ3) is 31.5. The summed E-state index contributed by atoms with van der Waals surface area (Å²) >= 11 is 0. The standard InChI is InChI=1S/C36H65NO5S/c1-3-5-7-9-10-11-12-13-14-15-16-17-18-19-20-21-22-23-24-25-26-28-30-32-36(39)37-34(33-43(40,41)42)35(38)31-29-27-8-6-4-2/h12-13,15-16,18-19,29,31,34-35,38H,3-11,14,17,20-28,30,32-33H2,1-2H3,(H,37,39)(H,40,41,42)/b13-12-,16-15-,19-18-,31-29+. The van der Waals surface area contributed by atoms with Crippen molar-refractivity contribution < 1.29 is 22.9 Å². The maximum absolute atomic E-state index is 12.3. The molecular weight excluding hydrogens is 558 g/mol. The molecule has 0 bridgehead atoms. The summed E-state index contributed by atoms with van der Waals surface area (Å²) in [4.78, 5) is 12.3. The van der Waals surface area contributed by atoms with Crippen LogP contribution >= 0.6 is 0 Å². The first kappa shape index (κ1) is 41.3. The number of rotatable bonds is 30. The molecule has 0 aliphatic heterocycles. The molecule has 0 aromatic heterocycles. The molecule has 0 saturated carbocycles. The number of amides is 1. The van der Waals surface area contributed by atoms with E-state index in [1.807, 2.05) is 0 Å². The third-order valence-corrected chi connectivity index (χ3v) is 8.28.